The normalized spacial score (nSPS) is 18.4. The predicted octanol–water partition coefficient (Wildman–Crippen LogP) is 3.23. The summed E-state index contributed by atoms with van der Waals surface area (Å²) >= 11 is 0. The summed E-state index contributed by atoms with van der Waals surface area (Å²) in [4.78, 5) is 26.1. The maximum atomic E-state index is 12.5. The molecule has 6 heteroatoms. The van der Waals surface area contributed by atoms with Gasteiger partial charge in [0.25, 0.3) is 5.91 Å². The monoisotopic (exact) mass is 338 g/mol. The maximum Gasteiger partial charge on any atom is 0.256 e. The lowest BCUT2D eigenvalue weighted by atomic mass is 10.2. The molecular weight excluding hydrogens is 316 g/mol. The molecular formula is C19H22N4O2. The number of nitrogens with zero attached hydrogens (tertiary/aromatic N) is 3. The van der Waals surface area contributed by atoms with Crippen LogP contribution >= 0.6 is 0 Å². The van der Waals surface area contributed by atoms with Gasteiger partial charge in [0.05, 0.1) is 12.2 Å². The molecule has 1 saturated carbocycles. The summed E-state index contributed by atoms with van der Waals surface area (Å²) in [5.74, 6) is 1.37. The number of rotatable bonds is 5. The number of carbonyl (C=O) groups is 2. The van der Waals surface area contributed by atoms with Gasteiger partial charge in [-0.05, 0) is 56.4 Å². The molecule has 1 aliphatic carbocycles. The molecule has 1 saturated heterocycles. The topological polar surface area (TPSA) is 67.2 Å². The summed E-state index contributed by atoms with van der Waals surface area (Å²) in [7, 11) is 0. The SMILES string of the molecule is CC(C1CC1)n1nccc1NC(=O)c1ccc(N2CCCC2=O)cc1. The van der Waals surface area contributed by atoms with Gasteiger partial charge in [-0.25, -0.2) is 4.68 Å². The molecule has 2 fully saturated rings. The lowest BCUT2D eigenvalue weighted by Crippen LogP contribution is -2.23. The highest BCUT2D eigenvalue weighted by molar-refractivity contribution is 6.04. The van der Waals surface area contributed by atoms with Gasteiger partial charge < -0.3 is 10.2 Å². The number of benzene rings is 1. The zero-order valence-corrected chi connectivity index (χ0v) is 14.3. The molecule has 1 aliphatic heterocycles. The van der Waals surface area contributed by atoms with Gasteiger partial charge in [-0.3, -0.25) is 9.59 Å². The van der Waals surface area contributed by atoms with Crippen LogP contribution < -0.4 is 10.2 Å². The van der Waals surface area contributed by atoms with Crippen LogP contribution in [0, 0.1) is 5.92 Å². The third-order valence-corrected chi connectivity index (χ3v) is 5.12. The zero-order valence-electron chi connectivity index (χ0n) is 14.3. The van der Waals surface area contributed by atoms with E-state index in [2.05, 4.69) is 17.3 Å². The van der Waals surface area contributed by atoms with Crippen molar-refractivity contribution in [2.75, 3.05) is 16.8 Å². The van der Waals surface area contributed by atoms with E-state index in [1.54, 1.807) is 23.2 Å². The van der Waals surface area contributed by atoms with Crippen molar-refractivity contribution in [3.8, 4) is 0 Å². The van der Waals surface area contributed by atoms with E-state index in [4.69, 9.17) is 0 Å². The fourth-order valence-electron chi connectivity index (χ4n) is 3.42. The molecule has 25 heavy (non-hydrogen) atoms. The zero-order chi connectivity index (χ0) is 17.4. The number of carbonyl (C=O) groups excluding carboxylic acids is 2. The first-order valence-corrected chi connectivity index (χ1v) is 8.89. The van der Waals surface area contributed by atoms with Crippen molar-refractivity contribution in [3.63, 3.8) is 0 Å². The Bertz CT molecular complexity index is 792. The average molecular weight is 338 g/mol. The Morgan fingerprint density at radius 3 is 2.64 bits per heavy atom. The third kappa shape index (κ3) is 3.16. The van der Waals surface area contributed by atoms with Crippen LogP contribution in [-0.2, 0) is 4.79 Å². The molecule has 1 atom stereocenters. The molecule has 1 aromatic carbocycles. The summed E-state index contributed by atoms with van der Waals surface area (Å²) in [6.45, 7) is 2.89. The van der Waals surface area contributed by atoms with Crippen molar-refractivity contribution in [1.82, 2.24) is 9.78 Å². The van der Waals surface area contributed by atoms with Crippen molar-refractivity contribution in [2.24, 2.45) is 5.92 Å². The highest BCUT2D eigenvalue weighted by Crippen LogP contribution is 2.40. The van der Waals surface area contributed by atoms with Gasteiger partial charge in [-0.2, -0.15) is 5.10 Å². The van der Waals surface area contributed by atoms with E-state index < -0.39 is 0 Å². The van der Waals surface area contributed by atoms with E-state index in [1.165, 1.54) is 12.8 Å². The molecule has 2 heterocycles. The number of hydrogen-bond acceptors (Lipinski definition) is 3. The van der Waals surface area contributed by atoms with Crippen molar-refractivity contribution in [3.05, 3.63) is 42.1 Å². The van der Waals surface area contributed by atoms with Gasteiger partial charge in [0.15, 0.2) is 0 Å². The van der Waals surface area contributed by atoms with Crippen LogP contribution in [0.15, 0.2) is 36.5 Å². The Labute approximate surface area is 146 Å². The van der Waals surface area contributed by atoms with Crippen molar-refractivity contribution in [2.45, 2.75) is 38.6 Å². The molecule has 1 unspecified atom stereocenters. The fourth-order valence-corrected chi connectivity index (χ4v) is 3.42. The van der Waals surface area contributed by atoms with Gasteiger partial charge in [0.2, 0.25) is 5.91 Å². The van der Waals surface area contributed by atoms with Crippen molar-refractivity contribution < 1.29 is 9.59 Å². The Morgan fingerprint density at radius 1 is 1.24 bits per heavy atom. The second-order valence-corrected chi connectivity index (χ2v) is 6.89. The molecule has 1 N–H and O–H groups in total. The van der Waals surface area contributed by atoms with E-state index in [1.807, 2.05) is 22.9 Å². The molecule has 6 nitrogen and oxygen atoms in total. The second-order valence-electron chi connectivity index (χ2n) is 6.89. The molecule has 0 bridgehead atoms. The van der Waals surface area contributed by atoms with Gasteiger partial charge in [0, 0.05) is 30.3 Å². The number of aromatic nitrogens is 2. The minimum Gasteiger partial charge on any atom is -0.312 e. The molecule has 2 amide bonds. The smallest absolute Gasteiger partial charge is 0.256 e. The van der Waals surface area contributed by atoms with Crippen LogP contribution in [0.1, 0.15) is 49.0 Å². The Morgan fingerprint density at radius 2 is 2.00 bits per heavy atom. The Kier molecular flexibility index (Phi) is 4.03. The lowest BCUT2D eigenvalue weighted by Gasteiger charge is -2.17. The molecule has 0 radical (unpaired) electrons. The Hall–Kier alpha value is -2.63. The molecule has 2 aliphatic rings. The third-order valence-electron chi connectivity index (χ3n) is 5.12. The molecule has 2 aromatic rings. The standard InChI is InChI=1S/C19H22N4O2/c1-13(14-4-5-14)23-17(10-11-20-23)21-19(25)15-6-8-16(9-7-15)22-12-2-3-18(22)24/h6-11,13-14H,2-5,12H2,1H3,(H,21,25). The highest BCUT2D eigenvalue weighted by atomic mass is 16.2. The molecule has 4 rings (SSSR count). The van der Waals surface area contributed by atoms with Gasteiger partial charge in [-0.1, -0.05) is 0 Å². The number of amides is 2. The van der Waals surface area contributed by atoms with Crippen molar-refractivity contribution >= 4 is 23.3 Å². The van der Waals surface area contributed by atoms with Crippen molar-refractivity contribution in [1.29, 1.82) is 0 Å². The van der Waals surface area contributed by atoms with Crippen LogP contribution in [0.2, 0.25) is 0 Å². The van der Waals surface area contributed by atoms with Gasteiger partial charge in [0.1, 0.15) is 5.82 Å². The van der Waals surface area contributed by atoms with E-state index in [0.29, 0.717) is 23.9 Å². The van der Waals surface area contributed by atoms with E-state index in [9.17, 15) is 9.59 Å². The van der Waals surface area contributed by atoms with Crippen LogP contribution in [0.4, 0.5) is 11.5 Å². The fraction of sp³-hybridized carbons (Fsp3) is 0.421. The minimum atomic E-state index is -0.163. The molecule has 130 valence electrons. The summed E-state index contributed by atoms with van der Waals surface area (Å²) in [6.07, 6.45) is 5.67. The first-order valence-electron chi connectivity index (χ1n) is 8.89. The molecule has 0 spiro atoms. The van der Waals surface area contributed by atoms with Crippen LogP contribution in [-0.4, -0.2) is 28.1 Å². The quantitative estimate of drug-likeness (QED) is 0.910. The maximum absolute atomic E-state index is 12.5. The average Bonchev–Trinajstić information content (AvgIpc) is 3.23. The van der Waals surface area contributed by atoms with E-state index in [-0.39, 0.29) is 11.8 Å². The largest absolute Gasteiger partial charge is 0.312 e. The van der Waals surface area contributed by atoms with Gasteiger partial charge >= 0.3 is 0 Å². The predicted molar refractivity (Wildman–Crippen MR) is 95.6 cm³/mol. The molecule has 1 aromatic heterocycles. The lowest BCUT2D eigenvalue weighted by molar-refractivity contribution is -0.117. The minimum absolute atomic E-state index is 0.148. The number of hydrogen-bond donors (Lipinski definition) is 1. The van der Waals surface area contributed by atoms with E-state index >= 15 is 0 Å². The first-order chi connectivity index (χ1) is 12.1. The number of nitrogens with one attached hydrogen (secondary N) is 1. The number of anilines is 2. The van der Waals surface area contributed by atoms with Crippen LogP contribution in [0.5, 0.6) is 0 Å². The summed E-state index contributed by atoms with van der Waals surface area (Å²) in [6, 6.07) is 9.33. The van der Waals surface area contributed by atoms with E-state index in [0.717, 1.165) is 24.5 Å². The highest BCUT2D eigenvalue weighted by Gasteiger charge is 2.30. The summed E-state index contributed by atoms with van der Waals surface area (Å²) in [5, 5.41) is 7.31. The Balaban J connectivity index is 1.46. The van der Waals surface area contributed by atoms with Crippen LogP contribution in [0.25, 0.3) is 0 Å². The second kappa shape index (κ2) is 6.35. The van der Waals surface area contributed by atoms with Gasteiger partial charge in [-0.15, -0.1) is 0 Å². The van der Waals surface area contributed by atoms with Crippen LogP contribution in [0.3, 0.4) is 0 Å². The summed E-state index contributed by atoms with van der Waals surface area (Å²) < 4.78 is 1.90. The first kappa shape index (κ1) is 15.9. The summed E-state index contributed by atoms with van der Waals surface area (Å²) in [5.41, 5.74) is 1.42.